The summed E-state index contributed by atoms with van der Waals surface area (Å²) in [6.45, 7) is 12.4. The lowest BCUT2D eigenvalue weighted by molar-refractivity contribution is -0.157. The number of carbonyl (C=O) groups is 6. The average Bonchev–Trinajstić information content (AvgIpc) is 2.80. The van der Waals surface area contributed by atoms with Crippen LogP contribution >= 0.6 is 0 Å². The summed E-state index contributed by atoms with van der Waals surface area (Å²) in [5.41, 5.74) is 3.55. The molecule has 0 aromatic carbocycles. The molecule has 3 atom stereocenters. The Hall–Kier alpha value is -3.46. The van der Waals surface area contributed by atoms with Gasteiger partial charge in [-0.1, -0.05) is 0 Å². The topological polar surface area (TPSA) is 224 Å². The fourth-order valence-corrected chi connectivity index (χ4v) is 3.05. The number of rotatable bonds is 17. The number of carbonyl (C=O) groups excluding carboxylic acids is 6. The minimum atomic E-state index is -1.25. The van der Waals surface area contributed by atoms with Crippen LogP contribution in [0.3, 0.4) is 0 Å². The van der Waals surface area contributed by atoms with E-state index in [4.69, 9.17) is 19.9 Å². The lowest BCUT2D eigenvalue weighted by Crippen LogP contribution is -2.50. The Morgan fingerprint density at radius 2 is 1.41 bits per heavy atom. The first kappa shape index (κ1) is 37.5. The summed E-state index contributed by atoms with van der Waals surface area (Å²) in [5.74, 6) is -3.16. The number of esters is 2. The summed E-state index contributed by atoms with van der Waals surface area (Å²) in [4.78, 5) is 71.7. The summed E-state index contributed by atoms with van der Waals surface area (Å²) in [5, 5.41) is 19.8. The van der Waals surface area contributed by atoms with Gasteiger partial charge in [-0.05, 0) is 54.9 Å². The van der Waals surface area contributed by atoms with Crippen LogP contribution in [0.1, 0.15) is 74.1 Å². The van der Waals surface area contributed by atoms with Crippen LogP contribution < -0.4 is 27.0 Å². The van der Waals surface area contributed by atoms with Crippen molar-refractivity contribution in [2.45, 2.75) is 104 Å². The first-order valence-corrected chi connectivity index (χ1v) is 13.4. The van der Waals surface area contributed by atoms with E-state index in [-0.39, 0.29) is 44.7 Å². The van der Waals surface area contributed by atoms with E-state index in [0.29, 0.717) is 13.1 Å². The van der Waals surface area contributed by atoms with Crippen molar-refractivity contribution in [2.24, 2.45) is 5.73 Å². The molecule has 15 nitrogen and oxygen atoms in total. The largest absolute Gasteiger partial charge is 0.464 e. The highest BCUT2D eigenvalue weighted by molar-refractivity contribution is 5.88. The molecule has 4 amide bonds. The van der Waals surface area contributed by atoms with E-state index in [2.05, 4.69) is 21.3 Å². The normalized spacial score (nSPS) is 13.7. The van der Waals surface area contributed by atoms with Gasteiger partial charge in [-0.3, -0.25) is 19.2 Å². The van der Waals surface area contributed by atoms with Gasteiger partial charge in [-0.25, -0.2) is 9.59 Å². The standard InChI is InChI=1S/C26H47N5O10/c1-16(32)21(22(27)36)31-19(34)10-11-20(35)39-15-14-28-12-13-29-18(33)9-8-17(23(37)40-25(2,3)4)30-24(38)41-26(5,6)7/h16-17,21,28,32H,8-15H2,1-7H3,(H2,27,36)(H,29,33)(H,30,38)(H,31,34)/t16-,17+,21+/m1/s1. The van der Waals surface area contributed by atoms with E-state index < -0.39 is 59.2 Å². The Kier molecular flexibility index (Phi) is 16.5. The van der Waals surface area contributed by atoms with Crippen LogP contribution in [-0.4, -0.2) is 96.5 Å². The molecule has 236 valence electrons. The summed E-state index contributed by atoms with van der Waals surface area (Å²) in [7, 11) is 0. The van der Waals surface area contributed by atoms with Crippen LogP contribution in [0.4, 0.5) is 4.79 Å². The zero-order chi connectivity index (χ0) is 31.8. The van der Waals surface area contributed by atoms with Crippen molar-refractivity contribution >= 4 is 35.8 Å². The lowest BCUT2D eigenvalue weighted by Gasteiger charge is -2.26. The molecule has 0 aliphatic heterocycles. The number of aliphatic hydroxyl groups is 1. The average molecular weight is 590 g/mol. The van der Waals surface area contributed by atoms with E-state index in [1.54, 1.807) is 41.5 Å². The van der Waals surface area contributed by atoms with Crippen molar-refractivity contribution < 1.29 is 48.1 Å². The van der Waals surface area contributed by atoms with E-state index in [1.165, 1.54) is 6.92 Å². The summed E-state index contributed by atoms with van der Waals surface area (Å²) >= 11 is 0. The minimum Gasteiger partial charge on any atom is -0.464 e. The van der Waals surface area contributed by atoms with Crippen LogP contribution in [0.25, 0.3) is 0 Å². The molecule has 41 heavy (non-hydrogen) atoms. The molecule has 0 aromatic heterocycles. The van der Waals surface area contributed by atoms with Crippen LogP contribution in [-0.2, 0) is 38.2 Å². The van der Waals surface area contributed by atoms with Gasteiger partial charge in [0, 0.05) is 32.5 Å². The maximum atomic E-state index is 12.5. The van der Waals surface area contributed by atoms with Crippen molar-refractivity contribution in [2.75, 3.05) is 26.2 Å². The zero-order valence-electron chi connectivity index (χ0n) is 25.1. The first-order chi connectivity index (χ1) is 18.8. The maximum absolute atomic E-state index is 12.5. The molecule has 0 saturated heterocycles. The van der Waals surface area contributed by atoms with Crippen molar-refractivity contribution in [1.82, 2.24) is 21.3 Å². The van der Waals surface area contributed by atoms with Gasteiger partial charge in [0.05, 0.1) is 12.5 Å². The predicted molar refractivity (Wildman–Crippen MR) is 147 cm³/mol. The minimum absolute atomic E-state index is 0.00358. The Balaban J connectivity index is 4.29. The summed E-state index contributed by atoms with van der Waals surface area (Å²) in [6, 6.07) is -2.32. The highest BCUT2D eigenvalue weighted by atomic mass is 16.6. The Bertz CT molecular complexity index is 896. The number of hydrogen-bond acceptors (Lipinski definition) is 11. The molecular formula is C26H47N5O10. The Morgan fingerprint density at radius 3 is 1.95 bits per heavy atom. The molecule has 7 N–H and O–H groups in total. The molecule has 0 rings (SSSR count). The van der Waals surface area contributed by atoms with E-state index in [0.717, 1.165) is 0 Å². The van der Waals surface area contributed by atoms with Crippen LogP contribution in [0.2, 0.25) is 0 Å². The van der Waals surface area contributed by atoms with Gasteiger partial charge in [-0.15, -0.1) is 0 Å². The van der Waals surface area contributed by atoms with Gasteiger partial charge in [0.2, 0.25) is 17.7 Å². The number of primary amides is 1. The van der Waals surface area contributed by atoms with Crippen molar-refractivity contribution in [1.29, 1.82) is 0 Å². The second-order valence-electron chi connectivity index (χ2n) is 11.3. The number of ether oxygens (including phenoxy) is 3. The number of nitrogens with one attached hydrogen (secondary N) is 4. The molecule has 15 heteroatoms. The molecule has 0 radical (unpaired) electrons. The summed E-state index contributed by atoms with van der Waals surface area (Å²) < 4.78 is 15.5. The Labute approximate surface area is 241 Å². The van der Waals surface area contributed by atoms with Gasteiger partial charge in [-0.2, -0.15) is 0 Å². The van der Waals surface area contributed by atoms with Gasteiger partial charge in [0.1, 0.15) is 29.9 Å². The highest BCUT2D eigenvalue weighted by Gasteiger charge is 2.29. The molecule has 0 unspecified atom stereocenters. The third-order valence-corrected chi connectivity index (χ3v) is 4.87. The molecule has 0 aliphatic carbocycles. The predicted octanol–water partition coefficient (Wildman–Crippen LogP) is -0.618. The van der Waals surface area contributed by atoms with Crippen molar-refractivity contribution in [3.8, 4) is 0 Å². The smallest absolute Gasteiger partial charge is 0.408 e. The third-order valence-electron chi connectivity index (χ3n) is 4.87. The number of alkyl carbamates (subject to hydrolysis) is 1. The summed E-state index contributed by atoms with van der Waals surface area (Å²) in [6.07, 6.45) is -2.48. The zero-order valence-corrected chi connectivity index (χ0v) is 25.1. The number of nitrogens with two attached hydrogens (primary N) is 1. The molecular weight excluding hydrogens is 542 g/mol. The molecule has 0 saturated carbocycles. The molecule has 0 fully saturated rings. The lowest BCUT2D eigenvalue weighted by atomic mass is 10.1. The molecule has 0 heterocycles. The molecule has 0 bridgehead atoms. The van der Waals surface area contributed by atoms with Crippen LogP contribution in [0.5, 0.6) is 0 Å². The molecule has 0 aromatic rings. The number of hydrogen-bond donors (Lipinski definition) is 6. The van der Waals surface area contributed by atoms with Crippen LogP contribution in [0, 0.1) is 0 Å². The quantitative estimate of drug-likeness (QED) is 0.0712. The third kappa shape index (κ3) is 20.1. The van der Waals surface area contributed by atoms with E-state index in [1.807, 2.05) is 0 Å². The highest BCUT2D eigenvalue weighted by Crippen LogP contribution is 2.12. The second-order valence-corrected chi connectivity index (χ2v) is 11.3. The number of amides is 4. The van der Waals surface area contributed by atoms with Crippen molar-refractivity contribution in [3.63, 3.8) is 0 Å². The molecule has 0 aliphatic rings. The first-order valence-electron chi connectivity index (χ1n) is 13.4. The Morgan fingerprint density at radius 1 is 0.805 bits per heavy atom. The van der Waals surface area contributed by atoms with Gasteiger partial charge >= 0.3 is 18.0 Å². The fraction of sp³-hybridized carbons (Fsp3) is 0.769. The van der Waals surface area contributed by atoms with Crippen molar-refractivity contribution in [3.05, 3.63) is 0 Å². The second kappa shape index (κ2) is 18.1. The molecule has 0 spiro atoms. The SMILES string of the molecule is C[C@@H](O)[C@H](NC(=O)CCC(=O)OCCNCCNC(=O)CC[C@H](NC(=O)OC(C)(C)C)C(=O)OC(C)(C)C)C(N)=O. The van der Waals surface area contributed by atoms with Gasteiger partial charge in [0.25, 0.3) is 0 Å². The van der Waals surface area contributed by atoms with Gasteiger partial charge in [0.15, 0.2) is 0 Å². The number of aliphatic hydroxyl groups excluding tert-OH is 1. The maximum Gasteiger partial charge on any atom is 0.408 e. The van der Waals surface area contributed by atoms with Gasteiger partial charge < -0.3 is 46.3 Å². The monoisotopic (exact) mass is 589 g/mol. The van der Waals surface area contributed by atoms with Crippen LogP contribution in [0.15, 0.2) is 0 Å². The van der Waals surface area contributed by atoms with E-state index >= 15 is 0 Å². The fourth-order valence-electron chi connectivity index (χ4n) is 3.05. The van der Waals surface area contributed by atoms with E-state index in [9.17, 15) is 33.9 Å².